The maximum atomic E-state index is 5.85. The molecule has 1 rings (SSSR count). The molecule has 0 amide bonds. The first kappa shape index (κ1) is 10.9. The van der Waals surface area contributed by atoms with Crippen LogP contribution in [0.5, 0.6) is 0 Å². The average Bonchev–Trinajstić information content (AvgIpc) is 2.30. The van der Waals surface area contributed by atoms with Gasteiger partial charge < -0.3 is 5.73 Å². The molecule has 0 radical (unpaired) electrons. The van der Waals surface area contributed by atoms with Gasteiger partial charge in [0.1, 0.15) is 5.00 Å². The molecule has 13 heavy (non-hydrogen) atoms. The van der Waals surface area contributed by atoms with Crippen LogP contribution in [0.25, 0.3) is 0 Å². The minimum absolute atomic E-state index is 0.231. The summed E-state index contributed by atoms with van der Waals surface area (Å²) in [5.41, 5.74) is 6.91. The number of hydrogen-bond donors (Lipinski definition) is 1. The molecule has 0 saturated heterocycles. The Labute approximate surface area is 87.9 Å². The van der Waals surface area contributed by atoms with E-state index in [4.69, 9.17) is 5.73 Å². The lowest BCUT2D eigenvalue weighted by Gasteiger charge is -2.20. The van der Waals surface area contributed by atoms with E-state index in [9.17, 15) is 0 Å². The van der Waals surface area contributed by atoms with Gasteiger partial charge in [0.15, 0.2) is 0 Å². The van der Waals surface area contributed by atoms with Crippen molar-refractivity contribution in [2.75, 3.05) is 12.0 Å². The van der Waals surface area contributed by atoms with E-state index in [-0.39, 0.29) is 4.75 Å². The zero-order chi connectivity index (χ0) is 10.1. The molecule has 2 N–H and O–H groups in total. The molecule has 2 nitrogen and oxygen atoms in total. The first-order valence-corrected chi connectivity index (χ1v) is 6.25. The first-order valence-electron chi connectivity index (χ1n) is 4.21. The second-order valence-corrected chi connectivity index (χ2v) is 6.43. The number of hydrogen-bond acceptors (Lipinski definition) is 4. The first-order chi connectivity index (χ1) is 5.94. The van der Waals surface area contributed by atoms with Crippen molar-refractivity contribution in [1.29, 1.82) is 0 Å². The van der Waals surface area contributed by atoms with Crippen LogP contribution in [0.15, 0.2) is 0 Å². The fourth-order valence-electron chi connectivity index (χ4n) is 1.09. The van der Waals surface area contributed by atoms with E-state index in [0.29, 0.717) is 0 Å². The number of aryl methyl sites for hydroxylation is 1. The highest BCUT2D eigenvalue weighted by Gasteiger charge is 2.20. The van der Waals surface area contributed by atoms with Gasteiger partial charge in [-0.2, -0.15) is 11.8 Å². The van der Waals surface area contributed by atoms with Crippen molar-refractivity contribution in [3.63, 3.8) is 0 Å². The number of nitrogen functional groups attached to an aromatic ring is 1. The summed E-state index contributed by atoms with van der Waals surface area (Å²) < 4.78 is 0.231. The van der Waals surface area contributed by atoms with Gasteiger partial charge in [0.25, 0.3) is 0 Å². The maximum Gasteiger partial charge on any atom is 0.109 e. The van der Waals surface area contributed by atoms with Crippen LogP contribution < -0.4 is 5.73 Å². The van der Waals surface area contributed by atoms with Gasteiger partial charge in [-0.25, -0.2) is 4.98 Å². The monoisotopic (exact) mass is 216 g/mol. The Morgan fingerprint density at radius 2 is 2.15 bits per heavy atom. The fourth-order valence-corrected chi connectivity index (χ4v) is 2.08. The molecule has 0 spiro atoms. The molecule has 1 aromatic rings. The van der Waals surface area contributed by atoms with Crippen LogP contribution in [0, 0.1) is 6.92 Å². The lowest BCUT2D eigenvalue weighted by atomic mass is 10.1. The van der Waals surface area contributed by atoms with Crippen molar-refractivity contribution in [2.24, 2.45) is 0 Å². The largest absolute Gasteiger partial charge is 0.389 e. The van der Waals surface area contributed by atoms with Gasteiger partial charge in [-0.3, -0.25) is 0 Å². The summed E-state index contributed by atoms with van der Waals surface area (Å²) in [6.45, 7) is 6.42. The maximum absolute atomic E-state index is 5.85. The Morgan fingerprint density at radius 3 is 2.54 bits per heavy atom. The van der Waals surface area contributed by atoms with E-state index in [1.165, 1.54) is 0 Å². The Balaban J connectivity index is 2.79. The number of thiazole rings is 1. The number of thioether (sulfide) groups is 1. The van der Waals surface area contributed by atoms with E-state index >= 15 is 0 Å². The van der Waals surface area contributed by atoms with Crippen LogP contribution in [0.4, 0.5) is 5.00 Å². The van der Waals surface area contributed by atoms with Gasteiger partial charge in [0.05, 0.1) is 10.7 Å². The van der Waals surface area contributed by atoms with Crippen LogP contribution in [0.1, 0.15) is 24.5 Å². The smallest absolute Gasteiger partial charge is 0.109 e. The third-order valence-electron chi connectivity index (χ3n) is 1.98. The molecule has 0 fully saturated rings. The van der Waals surface area contributed by atoms with Crippen molar-refractivity contribution in [3.8, 4) is 0 Å². The molecule has 4 heteroatoms. The van der Waals surface area contributed by atoms with Gasteiger partial charge in [-0.1, -0.05) is 13.8 Å². The van der Waals surface area contributed by atoms with Crippen LogP contribution in [0.3, 0.4) is 0 Å². The van der Waals surface area contributed by atoms with Crippen LogP contribution in [0.2, 0.25) is 0 Å². The summed E-state index contributed by atoms with van der Waals surface area (Å²) >= 11 is 3.43. The predicted octanol–water partition coefficient (Wildman–Crippen LogP) is 2.72. The van der Waals surface area contributed by atoms with Crippen molar-refractivity contribution in [3.05, 3.63) is 10.7 Å². The molecular weight excluding hydrogens is 200 g/mol. The molecule has 0 aliphatic rings. The molecule has 1 aromatic heterocycles. The van der Waals surface area contributed by atoms with Gasteiger partial charge in [0, 0.05) is 11.2 Å². The molecule has 0 saturated carbocycles. The highest BCUT2D eigenvalue weighted by molar-refractivity contribution is 7.99. The molecule has 0 bridgehead atoms. The number of aromatic nitrogens is 1. The van der Waals surface area contributed by atoms with Gasteiger partial charge >= 0.3 is 0 Å². The zero-order valence-electron chi connectivity index (χ0n) is 8.55. The van der Waals surface area contributed by atoms with E-state index in [1.54, 1.807) is 11.3 Å². The van der Waals surface area contributed by atoms with Gasteiger partial charge in [0.2, 0.25) is 0 Å². The number of anilines is 1. The summed E-state index contributed by atoms with van der Waals surface area (Å²) in [7, 11) is 0. The third-order valence-corrected chi connectivity index (χ3v) is 4.07. The quantitative estimate of drug-likeness (QED) is 0.844. The summed E-state index contributed by atoms with van der Waals surface area (Å²) in [5, 5.41) is 1.93. The van der Waals surface area contributed by atoms with Crippen LogP contribution >= 0.6 is 23.1 Å². The Hall–Kier alpha value is -0.220. The Bertz CT molecular complexity index is 292. The molecular formula is C9H16N2S2. The Morgan fingerprint density at radius 1 is 1.54 bits per heavy atom. The molecule has 74 valence electrons. The number of rotatable bonds is 3. The highest BCUT2D eigenvalue weighted by atomic mass is 32.2. The summed E-state index contributed by atoms with van der Waals surface area (Å²) in [6.07, 6.45) is 3.07. The second-order valence-electron chi connectivity index (χ2n) is 3.68. The molecule has 0 unspecified atom stereocenters. The van der Waals surface area contributed by atoms with Crippen LogP contribution in [-0.4, -0.2) is 16.0 Å². The standard InChI is InChI=1S/C9H16N2S2/c1-6-11-7(8(10)13-6)5-9(2,3)12-4/h5,10H2,1-4H3. The minimum Gasteiger partial charge on any atom is -0.389 e. The van der Waals surface area contributed by atoms with E-state index in [2.05, 4.69) is 25.1 Å². The molecule has 0 atom stereocenters. The lowest BCUT2D eigenvalue weighted by Crippen LogP contribution is -2.18. The van der Waals surface area contributed by atoms with Crippen molar-refractivity contribution < 1.29 is 0 Å². The minimum atomic E-state index is 0.231. The Kier molecular flexibility index (Phi) is 3.24. The van der Waals surface area contributed by atoms with Crippen LogP contribution in [-0.2, 0) is 6.42 Å². The van der Waals surface area contributed by atoms with Crippen molar-refractivity contribution in [2.45, 2.75) is 31.9 Å². The average molecular weight is 216 g/mol. The molecule has 0 aliphatic carbocycles. The second kappa shape index (κ2) is 3.88. The summed E-state index contributed by atoms with van der Waals surface area (Å²) in [6, 6.07) is 0. The van der Waals surface area contributed by atoms with Gasteiger partial charge in [-0.05, 0) is 13.2 Å². The molecule has 0 aliphatic heterocycles. The topological polar surface area (TPSA) is 38.9 Å². The predicted molar refractivity (Wildman–Crippen MR) is 62.6 cm³/mol. The summed E-state index contributed by atoms with van der Waals surface area (Å²) in [5.74, 6) is 0. The van der Waals surface area contributed by atoms with E-state index in [0.717, 1.165) is 22.1 Å². The van der Waals surface area contributed by atoms with E-state index in [1.807, 2.05) is 18.7 Å². The highest BCUT2D eigenvalue weighted by Crippen LogP contribution is 2.30. The van der Waals surface area contributed by atoms with Crippen molar-refractivity contribution in [1.82, 2.24) is 4.98 Å². The SMILES string of the molecule is CSC(C)(C)Cc1nc(C)sc1N. The van der Waals surface area contributed by atoms with Gasteiger partial charge in [-0.15, -0.1) is 11.3 Å². The molecule has 0 aromatic carbocycles. The number of nitrogens with two attached hydrogens (primary N) is 1. The third kappa shape index (κ3) is 2.88. The zero-order valence-corrected chi connectivity index (χ0v) is 10.2. The lowest BCUT2D eigenvalue weighted by molar-refractivity contribution is 0.698. The van der Waals surface area contributed by atoms with E-state index < -0.39 is 0 Å². The summed E-state index contributed by atoms with van der Waals surface area (Å²) in [4.78, 5) is 4.42. The van der Waals surface area contributed by atoms with Crippen molar-refractivity contribution >= 4 is 28.1 Å². The number of nitrogens with zero attached hydrogens (tertiary/aromatic N) is 1. The fraction of sp³-hybridized carbons (Fsp3) is 0.667. The normalized spacial score (nSPS) is 12.0. The molecule has 1 heterocycles.